The van der Waals surface area contributed by atoms with Crippen molar-refractivity contribution >= 4 is 114 Å². The number of hydrogen-bond acceptors (Lipinski definition) is 14. The molecule has 6 aromatic carbocycles. The number of aromatic amines is 5. The molecule has 11 rings (SSSR count). The molecule has 11 aromatic rings. The number of carbonyl (C=O) groups is 10. The van der Waals surface area contributed by atoms with E-state index in [1.165, 1.54) is 31.2 Å². The molecule has 29 nitrogen and oxygen atoms in total. The normalized spacial score (nSPS) is 14.4. The van der Waals surface area contributed by atoms with Crippen LogP contribution in [0.4, 0.5) is 0 Å². The number of aromatic hydroxyl groups is 1. The van der Waals surface area contributed by atoms with E-state index in [1.54, 1.807) is 110 Å². The van der Waals surface area contributed by atoms with Gasteiger partial charge in [-0.05, 0) is 95.6 Å². The maximum Gasteiger partial charge on any atom is 0.326 e. The van der Waals surface area contributed by atoms with Gasteiger partial charge in [0.05, 0.1) is 18.8 Å². The summed E-state index contributed by atoms with van der Waals surface area (Å²) in [5.41, 5.74) is 18.9. The zero-order chi connectivity index (χ0) is 74.4. The minimum Gasteiger partial charge on any atom is -0.508 e. The Balaban J connectivity index is 0.851. The first kappa shape index (κ1) is 73.6. The van der Waals surface area contributed by atoms with Gasteiger partial charge in [0.25, 0.3) is 0 Å². The molecule has 0 bridgehead atoms. The van der Waals surface area contributed by atoms with Crippen LogP contribution >= 0.6 is 0 Å². The number of fused-ring (bicyclic) bond motifs is 5. The zero-order valence-corrected chi connectivity index (χ0v) is 56.9. The number of carboxylic acids is 1. The number of rotatable bonds is 34. The second-order valence-electron chi connectivity index (χ2n) is 26.0. The standard InChI is InChI=1S/C76H81N15O14/c1-40(93)67(75(103)84-59(26-27-66(78)95)69(97)89-64(76(104)105)33-46-38-83-58-21-11-6-16-52(46)58)91-73(101)63(32-45-37-82-57-20-10-5-15-51(45)57)88-71(99)62(31-44-36-81-56-19-9-4-14-50(44)56)87-70(98)60(28-41-22-24-47(94)25-23-41)86-74(102)65(39-92)90-72(100)61(30-43-35-80-55-18-8-3-13-49(43)55)85-68(96)53(77)29-42-34-79-54-17-7-2-12-48(42)54/h2-25,34-38,40,53,59-65,67,79-83,92-94H,26-33,39,77H2,1H3,(H2,78,95)(H,84,103)(H,85,96)(H,86,102)(H,87,98)(H,88,99)(H,89,97)(H,90,100)(H,91,101)(H,104,105)/t40-,53+,59+,60+,61+,62+,63+,64+,65+,67+/m1/s1. The fraction of sp³-hybridized carbons (Fsp3) is 0.263. The van der Waals surface area contributed by atoms with E-state index in [1.807, 2.05) is 42.5 Å². The van der Waals surface area contributed by atoms with Crippen LogP contribution in [-0.2, 0) is 86.5 Å². The number of benzene rings is 6. The van der Waals surface area contributed by atoms with Gasteiger partial charge in [0.15, 0.2) is 0 Å². The van der Waals surface area contributed by atoms with Gasteiger partial charge >= 0.3 is 5.97 Å². The third kappa shape index (κ3) is 18.2. The molecule has 0 saturated heterocycles. The SMILES string of the molecule is C[C@@H](O)[C@H](NC(=O)[C@H](Cc1c[nH]c2ccccc12)NC(=O)[C@H](Cc1c[nH]c2ccccc12)NC(=O)[C@H](Cc1ccc(O)cc1)NC(=O)[C@H](CO)NC(=O)[C@H](Cc1c[nH]c2ccccc12)NC(=O)[C@@H](N)Cc1c[nH]c2ccccc12)C(=O)N[C@@H](CCC(N)=O)C(=O)N[C@@H](Cc1c[nH]c2ccccc12)C(=O)O. The van der Waals surface area contributed by atoms with Crippen molar-refractivity contribution in [3.8, 4) is 5.75 Å². The number of phenolic OH excluding ortho intramolecular Hbond substituents is 1. The Kier molecular flexibility index (Phi) is 23.5. The van der Waals surface area contributed by atoms with Crippen LogP contribution in [0.3, 0.4) is 0 Å². The van der Waals surface area contributed by atoms with Gasteiger partial charge in [-0.2, -0.15) is 0 Å². The van der Waals surface area contributed by atoms with Crippen LogP contribution in [0.2, 0.25) is 0 Å². The molecule has 0 aliphatic heterocycles. The highest BCUT2D eigenvalue weighted by atomic mass is 16.4. The summed E-state index contributed by atoms with van der Waals surface area (Å²) in [6.07, 6.45) is 4.52. The van der Waals surface area contributed by atoms with Crippen molar-refractivity contribution in [2.75, 3.05) is 6.61 Å². The Morgan fingerprint density at radius 3 is 1.06 bits per heavy atom. The molecule has 5 heterocycles. The highest BCUT2D eigenvalue weighted by molar-refractivity contribution is 6.00. The highest BCUT2D eigenvalue weighted by Crippen LogP contribution is 2.26. The maximum absolute atomic E-state index is 15.5. The lowest BCUT2D eigenvalue weighted by Crippen LogP contribution is -2.62. The van der Waals surface area contributed by atoms with E-state index in [0.29, 0.717) is 60.5 Å². The first-order chi connectivity index (χ1) is 50.6. The van der Waals surface area contributed by atoms with E-state index in [9.17, 15) is 54.0 Å². The van der Waals surface area contributed by atoms with Crippen molar-refractivity contribution in [3.05, 3.63) is 210 Å². The molecule has 0 unspecified atom stereocenters. The zero-order valence-electron chi connectivity index (χ0n) is 56.9. The number of hydrogen-bond donors (Lipinski definition) is 19. The monoisotopic (exact) mass is 1430 g/mol. The molecule has 0 aliphatic carbocycles. The van der Waals surface area contributed by atoms with Gasteiger partial charge in [-0.15, -0.1) is 0 Å². The fourth-order valence-corrected chi connectivity index (χ4v) is 12.9. The maximum atomic E-state index is 15.5. The second-order valence-corrected chi connectivity index (χ2v) is 26.0. The number of aliphatic hydroxyl groups excluding tert-OH is 2. The van der Waals surface area contributed by atoms with E-state index in [0.717, 1.165) is 27.4 Å². The largest absolute Gasteiger partial charge is 0.508 e. The number of nitrogens with two attached hydrogens (primary N) is 2. The van der Waals surface area contributed by atoms with E-state index in [4.69, 9.17) is 11.5 Å². The molecule has 9 amide bonds. The van der Waals surface area contributed by atoms with Crippen molar-refractivity contribution in [1.29, 1.82) is 0 Å². The summed E-state index contributed by atoms with van der Waals surface area (Å²) in [6, 6.07) is 27.4. The van der Waals surface area contributed by atoms with E-state index >= 15 is 14.4 Å². The lowest BCUT2D eigenvalue weighted by atomic mass is 10.00. The van der Waals surface area contributed by atoms with Crippen molar-refractivity contribution in [1.82, 2.24) is 67.5 Å². The topological polar surface area (TPSA) is 479 Å². The number of aliphatic hydroxyl groups is 2. The third-order valence-corrected chi connectivity index (χ3v) is 18.6. The summed E-state index contributed by atoms with van der Waals surface area (Å²) in [4.78, 5) is 158. The number of carboxylic acid groups (broad SMARTS) is 1. The molecule has 544 valence electrons. The second kappa shape index (κ2) is 33.5. The Bertz CT molecular complexity index is 5000. The molecular formula is C76H81N15O14. The Hall–Kier alpha value is -12.6. The molecule has 21 N–H and O–H groups in total. The van der Waals surface area contributed by atoms with Gasteiger partial charge < -0.3 is 99.3 Å². The molecule has 10 atom stereocenters. The summed E-state index contributed by atoms with van der Waals surface area (Å²) in [5.74, 6) is -10.3. The van der Waals surface area contributed by atoms with Crippen molar-refractivity contribution in [3.63, 3.8) is 0 Å². The van der Waals surface area contributed by atoms with Crippen LogP contribution in [-0.4, -0.2) is 172 Å². The number of amides is 9. The smallest absolute Gasteiger partial charge is 0.326 e. The molecule has 0 radical (unpaired) electrons. The molecule has 0 spiro atoms. The van der Waals surface area contributed by atoms with E-state index in [-0.39, 0.29) is 44.3 Å². The summed E-state index contributed by atoms with van der Waals surface area (Å²) in [7, 11) is 0. The van der Waals surface area contributed by atoms with Crippen LogP contribution in [0.5, 0.6) is 5.75 Å². The molecule has 0 aliphatic rings. The lowest BCUT2D eigenvalue weighted by Gasteiger charge is -2.29. The van der Waals surface area contributed by atoms with Crippen molar-refractivity contribution in [2.45, 2.75) is 119 Å². The average Bonchev–Trinajstić information content (AvgIpc) is 1.72. The van der Waals surface area contributed by atoms with Gasteiger partial charge in [0, 0.05) is 124 Å². The number of para-hydroxylation sites is 5. The van der Waals surface area contributed by atoms with Gasteiger partial charge in [0.2, 0.25) is 53.2 Å². The predicted molar refractivity (Wildman–Crippen MR) is 390 cm³/mol. The number of H-pyrrole nitrogens is 5. The van der Waals surface area contributed by atoms with Crippen LogP contribution in [0.1, 0.15) is 53.1 Å². The molecule has 5 aromatic heterocycles. The Morgan fingerprint density at radius 1 is 0.381 bits per heavy atom. The lowest BCUT2D eigenvalue weighted by molar-refractivity contribution is -0.142. The summed E-state index contributed by atoms with van der Waals surface area (Å²) >= 11 is 0. The van der Waals surface area contributed by atoms with E-state index < -0.39 is 139 Å². The van der Waals surface area contributed by atoms with Crippen molar-refractivity contribution < 1.29 is 68.4 Å². The molecule has 105 heavy (non-hydrogen) atoms. The summed E-state index contributed by atoms with van der Waals surface area (Å²) < 4.78 is 0. The number of aliphatic carboxylic acids is 1. The van der Waals surface area contributed by atoms with Crippen LogP contribution in [0.25, 0.3) is 54.5 Å². The average molecular weight is 1430 g/mol. The molecule has 29 heteroatoms. The predicted octanol–water partition coefficient (Wildman–Crippen LogP) is 2.48. The number of carbonyl (C=O) groups excluding carboxylic acids is 9. The van der Waals surface area contributed by atoms with Crippen LogP contribution < -0.4 is 54.0 Å². The first-order valence-electron chi connectivity index (χ1n) is 34.1. The first-order valence-corrected chi connectivity index (χ1v) is 34.1. The van der Waals surface area contributed by atoms with Gasteiger partial charge in [-0.1, -0.05) is 103 Å². The van der Waals surface area contributed by atoms with E-state index in [2.05, 4.69) is 67.5 Å². The van der Waals surface area contributed by atoms with Crippen molar-refractivity contribution in [2.24, 2.45) is 11.5 Å². The van der Waals surface area contributed by atoms with Crippen LogP contribution in [0, 0.1) is 0 Å². The summed E-state index contributed by atoms with van der Waals surface area (Å²) in [6.45, 7) is 0.149. The minimum atomic E-state index is -1.90. The third-order valence-electron chi connectivity index (χ3n) is 18.6. The Morgan fingerprint density at radius 2 is 0.686 bits per heavy atom. The minimum absolute atomic E-state index is 0.0854. The quantitative estimate of drug-likeness (QED) is 0.0276. The number of aromatic nitrogens is 5. The Labute approximate surface area is 599 Å². The fourth-order valence-electron chi connectivity index (χ4n) is 12.9. The van der Waals surface area contributed by atoms with Gasteiger partial charge in [0.1, 0.15) is 54.1 Å². The molecule has 0 fully saturated rings. The molecule has 0 saturated carbocycles. The highest BCUT2D eigenvalue weighted by Gasteiger charge is 2.38. The summed E-state index contributed by atoms with van der Waals surface area (Å²) in [5, 5.41) is 67.3. The van der Waals surface area contributed by atoms with Gasteiger partial charge in [-0.25, -0.2) is 4.79 Å². The number of primary amides is 1. The number of nitrogens with one attached hydrogen (secondary N) is 13. The molecular weight excluding hydrogens is 1350 g/mol. The number of phenols is 1. The van der Waals surface area contributed by atoms with Gasteiger partial charge in [-0.3, -0.25) is 43.2 Å². The van der Waals surface area contributed by atoms with Crippen LogP contribution in [0.15, 0.2) is 177 Å².